The molecule has 0 unspecified atom stereocenters. The van der Waals surface area contributed by atoms with Gasteiger partial charge in [0.1, 0.15) is 5.69 Å². The summed E-state index contributed by atoms with van der Waals surface area (Å²) >= 11 is 0. The summed E-state index contributed by atoms with van der Waals surface area (Å²) in [6, 6.07) is 5.69. The summed E-state index contributed by atoms with van der Waals surface area (Å²) in [6.45, 7) is 3.04. The number of pyridine rings is 1. The van der Waals surface area contributed by atoms with E-state index in [0.29, 0.717) is 32.7 Å². The van der Waals surface area contributed by atoms with Gasteiger partial charge in [-0.2, -0.15) is 4.31 Å². The minimum Gasteiger partial charge on any atom is -0.359 e. The number of piperazine rings is 1. The van der Waals surface area contributed by atoms with Gasteiger partial charge in [-0.15, -0.1) is 0 Å². The lowest BCUT2D eigenvalue weighted by molar-refractivity contribution is 0.166. The SMILES string of the molecule is CS(=O)(=O)N1CCN(Cc2cc(-c3cccnc3)no2)CC1. The minimum absolute atomic E-state index is 0.516. The Labute approximate surface area is 129 Å². The Bertz CT molecular complexity index is 722. The number of aromatic nitrogens is 2. The van der Waals surface area contributed by atoms with Crippen LogP contribution in [0.2, 0.25) is 0 Å². The molecule has 2 aromatic heterocycles. The van der Waals surface area contributed by atoms with Gasteiger partial charge in [0.05, 0.1) is 12.8 Å². The zero-order valence-electron chi connectivity index (χ0n) is 12.3. The van der Waals surface area contributed by atoms with Crippen molar-refractivity contribution in [1.82, 2.24) is 19.3 Å². The average Bonchev–Trinajstić information content (AvgIpc) is 2.96. The standard InChI is InChI=1S/C14H18N4O3S/c1-22(19,20)18-7-5-17(6-8-18)11-13-9-14(16-21-13)12-3-2-4-15-10-12/h2-4,9-10H,5-8,11H2,1H3. The van der Waals surface area contributed by atoms with Gasteiger partial charge in [0, 0.05) is 50.2 Å². The van der Waals surface area contributed by atoms with E-state index in [4.69, 9.17) is 4.52 Å². The van der Waals surface area contributed by atoms with E-state index in [0.717, 1.165) is 17.0 Å². The summed E-state index contributed by atoms with van der Waals surface area (Å²) in [5, 5.41) is 4.06. The van der Waals surface area contributed by atoms with Crippen LogP contribution in [0.3, 0.4) is 0 Å². The molecule has 0 radical (unpaired) electrons. The van der Waals surface area contributed by atoms with E-state index in [9.17, 15) is 8.42 Å². The van der Waals surface area contributed by atoms with Gasteiger partial charge < -0.3 is 4.52 Å². The van der Waals surface area contributed by atoms with Gasteiger partial charge in [0.15, 0.2) is 5.76 Å². The van der Waals surface area contributed by atoms with Crippen molar-refractivity contribution < 1.29 is 12.9 Å². The van der Waals surface area contributed by atoms with Crippen LogP contribution in [0.5, 0.6) is 0 Å². The van der Waals surface area contributed by atoms with Gasteiger partial charge in [-0.25, -0.2) is 8.42 Å². The molecule has 1 fully saturated rings. The van der Waals surface area contributed by atoms with Crippen LogP contribution >= 0.6 is 0 Å². The molecule has 2 aromatic rings. The van der Waals surface area contributed by atoms with E-state index in [1.165, 1.54) is 10.6 Å². The van der Waals surface area contributed by atoms with Crippen molar-refractivity contribution in [3.05, 3.63) is 36.4 Å². The van der Waals surface area contributed by atoms with Crippen LogP contribution in [0.1, 0.15) is 5.76 Å². The van der Waals surface area contributed by atoms with E-state index >= 15 is 0 Å². The van der Waals surface area contributed by atoms with Gasteiger partial charge in [0.25, 0.3) is 0 Å². The molecule has 0 atom stereocenters. The number of hydrogen-bond acceptors (Lipinski definition) is 6. The van der Waals surface area contributed by atoms with Crippen LogP contribution in [0, 0.1) is 0 Å². The van der Waals surface area contributed by atoms with Gasteiger partial charge in [-0.1, -0.05) is 5.16 Å². The van der Waals surface area contributed by atoms with E-state index in [2.05, 4.69) is 15.0 Å². The van der Waals surface area contributed by atoms with Crippen LogP contribution in [0.25, 0.3) is 11.3 Å². The van der Waals surface area contributed by atoms with Crippen LogP contribution in [0.4, 0.5) is 0 Å². The molecule has 118 valence electrons. The summed E-state index contributed by atoms with van der Waals surface area (Å²) in [5.41, 5.74) is 1.68. The zero-order valence-corrected chi connectivity index (χ0v) is 13.2. The fourth-order valence-corrected chi connectivity index (χ4v) is 3.30. The van der Waals surface area contributed by atoms with Gasteiger partial charge in [-0.3, -0.25) is 9.88 Å². The highest BCUT2D eigenvalue weighted by Crippen LogP contribution is 2.19. The minimum atomic E-state index is -3.09. The highest BCUT2D eigenvalue weighted by molar-refractivity contribution is 7.88. The normalized spacial score (nSPS) is 17.7. The largest absolute Gasteiger partial charge is 0.359 e. The van der Waals surface area contributed by atoms with Crippen molar-refractivity contribution in [2.75, 3.05) is 32.4 Å². The third-order valence-corrected chi connectivity index (χ3v) is 5.00. The first-order chi connectivity index (χ1) is 10.5. The lowest BCUT2D eigenvalue weighted by Crippen LogP contribution is -2.47. The zero-order chi connectivity index (χ0) is 15.6. The van der Waals surface area contributed by atoms with Crippen LogP contribution in [-0.4, -0.2) is 60.2 Å². The second-order valence-corrected chi connectivity index (χ2v) is 7.34. The van der Waals surface area contributed by atoms with Gasteiger partial charge >= 0.3 is 0 Å². The maximum atomic E-state index is 11.5. The van der Waals surface area contributed by atoms with Crippen molar-refractivity contribution in [3.63, 3.8) is 0 Å². The fraction of sp³-hybridized carbons (Fsp3) is 0.429. The van der Waals surface area contributed by atoms with E-state index in [1.54, 1.807) is 12.4 Å². The van der Waals surface area contributed by atoms with Gasteiger partial charge in [0.2, 0.25) is 10.0 Å². The van der Waals surface area contributed by atoms with E-state index in [-0.39, 0.29) is 0 Å². The Morgan fingerprint density at radius 1 is 1.27 bits per heavy atom. The summed E-state index contributed by atoms with van der Waals surface area (Å²) in [7, 11) is -3.09. The molecular formula is C14H18N4O3S. The Morgan fingerprint density at radius 3 is 2.68 bits per heavy atom. The highest BCUT2D eigenvalue weighted by atomic mass is 32.2. The molecule has 8 heteroatoms. The second kappa shape index (κ2) is 6.15. The number of nitrogens with zero attached hydrogens (tertiary/aromatic N) is 4. The average molecular weight is 322 g/mol. The molecule has 3 rings (SSSR count). The first-order valence-electron chi connectivity index (χ1n) is 7.06. The predicted molar refractivity (Wildman–Crippen MR) is 81.4 cm³/mol. The van der Waals surface area contributed by atoms with Crippen LogP contribution < -0.4 is 0 Å². The lowest BCUT2D eigenvalue weighted by Gasteiger charge is -2.32. The molecule has 3 heterocycles. The summed E-state index contributed by atoms with van der Waals surface area (Å²) in [6.07, 6.45) is 4.71. The van der Waals surface area contributed by atoms with Crippen molar-refractivity contribution >= 4 is 10.0 Å². The van der Waals surface area contributed by atoms with Crippen molar-refractivity contribution in [3.8, 4) is 11.3 Å². The fourth-order valence-electron chi connectivity index (χ4n) is 2.48. The van der Waals surface area contributed by atoms with Crippen LogP contribution in [-0.2, 0) is 16.6 Å². The number of hydrogen-bond donors (Lipinski definition) is 0. The summed E-state index contributed by atoms with van der Waals surface area (Å²) < 4.78 is 29.8. The smallest absolute Gasteiger partial charge is 0.211 e. The quantitative estimate of drug-likeness (QED) is 0.829. The first-order valence-corrected chi connectivity index (χ1v) is 8.91. The lowest BCUT2D eigenvalue weighted by atomic mass is 10.2. The second-order valence-electron chi connectivity index (χ2n) is 5.36. The van der Waals surface area contributed by atoms with Crippen molar-refractivity contribution in [2.45, 2.75) is 6.54 Å². The third kappa shape index (κ3) is 3.52. The van der Waals surface area contributed by atoms with Crippen LogP contribution in [0.15, 0.2) is 35.1 Å². The highest BCUT2D eigenvalue weighted by Gasteiger charge is 2.24. The molecule has 0 amide bonds. The first kappa shape index (κ1) is 15.1. The maximum absolute atomic E-state index is 11.5. The maximum Gasteiger partial charge on any atom is 0.211 e. The molecule has 0 aliphatic carbocycles. The predicted octanol–water partition coefficient (Wildman–Crippen LogP) is 0.814. The topological polar surface area (TPSA) is 79.5 Å². The summed E-state index contributed by atoms with van der Waals surface area (Å²) in [5.74, 6) is 0.770. The molecule has 1 aliphatic rings. The van der Waals surface area contributed by atoms with Crippen molar-refractivity contribution in [1.29, 1.82) is 0 Å². The molecule has 22 heavy (non-hydrogen) atoms. The molecule has 0 N–H and O–H groups in total. The van der Waals surface area contributed by atoms with Gasteiger partial charge in [-0.05, 0) is 12.1 Å². The summed E-state index contributed by atoms with van der Waals surface area (Å²) in [4.78, 5) is 6.22. The Kier molecular flexibility index (Phi) is 4.23. The Morgan fingerprint density at radius 2 is 2.05 bits per heavy atom. The molecule has 1 aliphatic heterocycles. The van der Waals surface area contributed by atoms with E-state index in [1.807, 2.05) is 18.2 Å². The molecule has 0 bridgehead atoms. The van der Waals surface area contributed by atoms with Crippen molar-refractivity contribution in [2.24, 2.45) is 0 Å². The molecule has 0 spiro atoms. The Balaban J connectivity index is 1.60. The third-order valence-electron chi connectivity index (χ3n) is 3.70. The molecule has 7 nitrogen and oxygen atoms in total. The van der Waals surface area contributed by atoms with E-state index < -0.39 is 10.0 Å². The number of sulfonamides is 1. The molecule has 0 aromatic carbocycles. The molecule has 1 saturated heterocycles. The molecular weight excluding hydrogens is 304 g/mol. The monoisotopic (exact) mass is 322 g/mol. The number of rotatable bonds is 4. The molecule has 0 saturated carbocycles. The Hall–Kier alpha value is -1.77.